The van der Waals surface area contributed by atoms with Gasteiger partial charge >= 0.3 is 0 Å². The van der Waals surface area contributed by atoms with Crippen LogP contribution < -0.4 is 21.5 Å². The van der Waals surface area contributed by atoms with E-state index in [4.69, 9.17) is 21.2 Å². The lowest BCUT2D eigenvalue weighted by molar-refractivity contribution is -0.120. The molecule has 4 heterocycles. The molecule has 0 radical (unpaired) electrons. The molecule has 3 aromatic heterocycles. The SMILES string of the molecule is COc1ccc(-c2cnn3c(N)cc(C4CCC(C(N)=O)NC4)nc23)cn1. The van der Waals surface area contributed by atoms with Crippen molar-refractivity contribution >= 4 is 17.4 Å². The number of nitrogens with two attached hydrogens (primary N) is 2. The highest BCUT2D eigenvalue weighted by atomic mass is 16.5. The molecule has 2 unspecified atom stereocenters. The highest BCUT2D eigenvalue weighted by Crippen LogP contribution is 2.29. The van der Waals surface area contributed by atoms with Gasteiger partial charge in [-0.25, -0.2) is 9.97 Å². The Balaban J connectivity index is 1.69. The van der Waals surface area contributed by atoms with E-state index in [2.05, 4.69) is 15.4 Å². The number of nitrogens with one attached hydrogen (secondary N) is 1. The van der Waals surface area contributed by atoms with E-state index < -0.39 is 0 Å². The Morgan fingerprint density at radius 1 is 1.33 bits per heavy atom. The van der Waals surface area contributed by atoms with Gasteiger partial charge in [-0.15, -0.1) is 0 Å². The number of rotatable bonds is 4. The van der Waals surface area contributed by atoms with E-state index in [1.807, 2.05) is 12.1 Å². The number of carbonyl (C=O) groups excluding carboxylic acids is 1. The summed E-state index contributed by atoms with van der Waals surface area (Å²) in [6, 6.07) is 5.26. The van der Waals surface area contributed by atoms with Gasteiger partial charge in [0.05, 0.1) is 25.0 Å². The highest BCUT2D eigenvalue weighted by molar-refractivity contribution is 5.80. The molecule has 0 saturated carbocycles. The molecule has 1 fully saturated rings. The lowest BCUT2D eigenvalue weighted by Gasteiger charge is -2.27. The van der Waals surface area contributed by atoms with Gasteiger partial charge in [0.25, 0.3) is 0 Å². The van der Waals surface area contributed by atoms with Crippen LogP contribution in [0.2, 0.25) is 0 Å². The van der Waals surface area contributed by atoms with E-state index in [0.717, 1.165) is 23.2 Å². The second kappa shape index (κ2) is 6.84. The Kier molecular flexibility index (Phi) is 4.36. The second-order valence-corrected chi connectivity index (χ2v) is 6.63. The highest BCUT2D eigenvalue weighted by Gasteiger charge is 2.26. The first kappa shape index (κ1) is 17.2. The quantitative estimate of drug-likeness (QED) is 0.618. The molecule has 1 aliphatic heterocycles. The van der Waals surface area contributed by atoms with Gasteiger partial charge in [-0.2, -0.15) is 9.61 Å². The molecule has 2 atom stereocenters. The molecule has 140 valence electrons. The largest absolute Gasteiger partial charge is 0.481 e. The van der Waals surface area contributed by atoms with Gasteiger partial charge in [-0.05, 0) is 18.9 Å². The van der Waals surface area contributed by atoms with Crippen LogP contribution in [0.15, 0.2) is 30.6 Å². The fraction of sp³-hybridized carbons (Fsp3) is 0.333. The average Bonchev–Trinajstić information content (AvgIpc) is 3.12. The average molecular weight is 367 g/mol. The first-order chi connectivity index (χ1) is 13.1. The number of aromatic nitrogens is 4. The molecule has 4 rings (SSSR count). The Morgan fingerprint density at radius 3 is 2.81 bits per heavy atom. The Hall–Kier alpha value is -3.20. The number of hydrogen-bond acceptors (Lipinski definition) is 7. The summed E-state index contributed by atoms with van der Waals surface area (Å²) in [4.78, 5) is 20.4. The van der Waals surface area contributed by atoms with E-state index in [1.54, 1.807) is 30.1 Å². The predicted octanol–water partition coefficient (Wildman–Crippen LogP) is 0.703. The summed E-state index contributed by atoms with van der Waals surface area (Å²) in [5.41, 5.74) is 14.9. The Morgan fingerprint density at radius 2 is 2.19 bits per heavy atom. The lowest BCUT2D eigenvalue weighted by atomic mass is 9.91. The molecule has 0 aromatic carbocycles. The zero-order chi connectivity index (χ0) is 19.0. The van der Waals surface area contributed by atoms with Crippen molar-refractivity contribution in [2.24, 2.45) is 5.73 Å². The van der Waals surface area contributed by atoms with Crippen molar-refractivity contribution in [1.29, 1.82) is 0 Å². The number of primary amides is 1. The van der Waals surface area contributed by atoms with Crippen LogP contribution in [0, 0.1) is 0 Å². The molecule has 5 N–H and O–H groups in total. The number of methoxy groups -OCH3 is 1. The number of carbonyl (C=O) groups is 1. The van der Waals surface area contributed by atoms with Crippen LogP contribution in [0.25, 0.3) is 16.8 Å². The third kappa shape index (κ3) is 3.17. The van der Waals surface area contributed by atoms with Gasteiger partial charge in [-0.3, -0.25) is 4.79 Å². The molecule has 1 aliphatic rings. The second-order valence-electron chi connectivity index (χ2n) is 6.63. The lowest BCUT2D eigenvalue weighted by Crippen LogP contribution is -2.46. The maximum Gasteiger partial charge on any atom is 0.234 e. The molecule has 1 saturated heterocycles. The van der Waals surface area contributed by atoms with Crippen LogP contribution in [0.4, 0.5) is 5.82 Å². The fourth-order valence-electron chi connectivity index (χ4n) is 3.43. The van der Waals surface area contributed by atoms with Crippen molar-refractivity contribution in [3.8, 4) is 17.0 Å². The van der Waals surface area contributed by atoms with Gasteiger partial charge in [-0.1, -0.05) is 0 Å². The van der Waals surface area contributed by atoms with Crippen molar-refractivity contribution in [2.75, 3.05) is 19.4 Å². The molecule has 0 bridgehead atoms. The monoisotopic (exact) mass is 367 g/mol. The topological polar surface area (TPSA) is 133 Å². The number of fused-ring (bicyclic) bond motifs is 1. The van der Waals surface area contributed by atoms with Crippen molar-refractivity contribution < 1.29 is 9.53 Å². The summed E-state index contributed by atoms with van der Waals surface area (Å²) >= 11 is 0. The number of amides is 1. The molecule has 3 aromatic rings. The number of nitrogen functional groups attached to an aromatic ring is 1. The van der Waals surface area contributed by atoms with Crippen molar-refractivity contribution in [1.82, 2.24) is 24.9 Å². The van der Waals surface area contributed by atoms with Crippen LogP contribution in [0.1, 0.15) is 24.5 Å². The first-order valence-corrected chi connectivity index (χ1v) is 8.74. The standard InChI is InChI=1S/C18H21N7O2/c1-27-16-5-3-10(7-22-16)12-9-23-25-15(19)6-14(24-18(12)25)11-2-4-13(17(20)26)21-8-11/h3,5-7,9,11,13,21H,2,4,8,19H2,1H3,(H2,20,26). The minimum Gasteiger partial charge on any atom is -0.481 e. The maximum absolute atomic E-state index is 11.3. The van der Waals surface area contributed by atoms with Crippen LogP contribution in [-0.2, 0) is 4.79 Å². The summed E-state index contributed by atoms with van der Waals surface area (Å²) in [5, 5.41) is 7.54. The van der Waals surface area contributed by atoms with E-state index in [-0.39, 0.29) is 17.9 Å². The number of piperidine rings is 1. The minimum atomic E-state index is -0.318. The molecule has 9 nitrogen and oxygen atoms in total. The maximum atomic E-state index is 11.3. The van der Waals surface area contributed by atoms with E-state index in [0.29, 0.717) is 30.3 Å². The molecule has 27 heavy (non-hydrogen) atoms. The fourth-order valence-corrected chi connectivity index (χ4v) is 3.43. The summed E-state index contributed by atoms with van der Waals surface area (Å²) in [6.07, 6.45) is 4.95. The third-order valence-electron chi connectivity index (χ3n) is 4.95. The third-order valence-corrected chi connectivity index (χ3v) is 4.95. The summed E-state index contributed by atoms with van der Waals surface area (Å²) < 4.78 is 6.73. The zero-order valence-corrected chi connectivity index (χ0v) is 14.9. The first-order valence-electron chi connectivity index (χ1n) is 8.74. The zero-order valence-electron chi connectivity index (χ0n) is 14.9. The van der Waals surface area contributed by atoms with Crippen LogP contribution >= 0.6 is 0 Å². The predicted molar refractivity (Wildman–Crippen MR) is 100 cm³/mol. The molecular formula is C18H21N7O2. The number of anilines is 1. The number of nitrogens with zero attached hydrogens (tertiary/aromatic N) is 4. The van der Waals surface area contributed by atoms with E-state index in [9.17, 15) is 4.79 Å². The van der Waals surface area contributed by atoms with Gasteiger partial charge in [0.1, 0.15) is 5.82 Å². The summed E-state index contributed by atoms with van der Waals surface area (Å²) in [5.74, 6) is 0.895. The molecule has 0 spiro atoms. The van der Waals surface area contributed by atoms with Gasteiger partial charge < -0.3 is 21.5 Å². The normalized spacial score (nSPS) is 19.9. The Bertz CT molecular complexity index is 975. The van der Waals surface area contributed by atoms with Crippen LogP contribution in [-0.4, -0.2) is 45.2 Å². The van der Waals surface area contributed by atoms with Crippen LogP contribution in [0.5, 0.6) is 5.88 Å². The van der Waals surface area contributed by atoms with Crippen molar-refractivity contribution in [2.45, 2.75) is 24.8 Å². The van der Waals surface area contributed by atoms with E-state index in [1.165, 1.54) is 0 Å². The van der Waals surface area contributed by atoms with Gasteiger partial charge in [0.2, 0.25) is 11.8 Å². The van der Waals surface area contributed by atoms with Crippen molar-refractivity contribution in [3.63, 3.8) is 0 Å². The Labute approximate surface area is 155 Å². The number of pyridine rings is 1. The minimum absolute atomic E-state index is 0.157. The molecule has 1 amide bonds. The molecular weight excluding hydrogens is 346 g/mol. The van der Waals surface area contributed by atoms with Gasteiger partial charge in [0.15, 0.2) is 5.65 Å². The van der Waals surface area contributed by atoms with E-state index >= 15 is 0 Å². The van der Waals surface area contributed by atoms with Gasteiger partial charge in [0, 0.05) is 41.9 Å². The number of hydrogen-bond donors (Lipinski definition) is 3. The number of ether oxygens (including phenoxy) is 1. The van der Waals surface area contributed by atoms with Crippen molar-refractivity contribution in [3.05, 3.63) is 36.3 Å². The molecule has 9 heteroatoms. The molecule has 0 aliphatic carbocycles. The van der Waals surface area contributed by atoms with Crippen LogP contribution in [0.3, 0.4) is 0 Å². The smallest absolute Gasteiger partial charge is 0.234 e. The summed E-state index contributed by atoms with van der Waals surface area (Å²) in [6.45, 7) is 0.629. The summed E-state index contributed by atoms with van der Waals surface area (Å²) in [7, 11) is 1.58.